The van der Waals surface area contributed by atoms with Crippen molar-refractivity contribution < 1.29 is 5.11 Å². The van der Waals surface area contributed by atoms with Gasteiger partial charge in [-0.15, -0.1) is 0 Å². The summed E-state index contributed by atoms with van der Waals surface area (Å²) in [6.07, 6.45) is 5.69. The third-order valence-corrected chi connectivity index (χ3v) is 4.74. The molecule has 0 saturated carbocycles. The Morgan fingerprint density at radius 2 is 2.21 bits per heavy atom. The summed E-state index contributed by atoms with van der Waals surface area (Å²) in [7, 11) is 0. The highest BCUT2D eigenvalue weighted by molar-refractivity contribution is 5.44. The lowest BCUT2D eigenvalue weighted by Gasteiger charge is -2.31. The van der Waals surface area contributed by atoms with Crippen LogP contribution in [0.25, 0.3) is 5.65 Å². The van der Waals surface area contributed by atoms with Crippen molar-refractivity contribution in [3.05, 3.63) is 35.8 Å². The fourth-order valence-electron chi connectivity index (χ4n) is 3.20. The minimum absolute atomic E-state index is 0.368. The van der Waals surface area contributed by atoms with Crippen LogP contribution in [0.5, 0.6) is 0 Å². The maximum Gasteiger partial charge on any atom is 0.137 e. The smallest absolute Gasteiger partial charge is 0.137 e. The van der Waals surface area contributed by atoms with Gasteiger partial charge in [0, 0.05) is 25.8 Å². The molecule has 0 radical (unpaired) electrons. The SMILES string of the molecule is CC1CCN(CC(O)CNCc2cnc3ccc(C#N)cn23)CC1. The van der Waals surface area contributed by atoms with Gasteiger partial charge in [0.05, 0.1) is 23.6 Å². The van der Waals surface area contributed by atoms with Crippen LogP contribution in [0.1, 0.15) is 31.0 Å². The molecule has 1 saturated heterocycles. The highest BCUT2D eigenvalue weighted by Gasteiger charge is 2.18. The molecular formula is C18H25N5O. The van der Waals surface area contributed by atoms with Crippen molar-refractivity contribution >= 4 is 5.65 Å². The highest BCUT2D eigenvalue weighted by atomic mass is 16.3. The molecule has 1 aliphatic rings. The largest absolute Gasteiger partial charge is 0.390 e. The molecule has 2 N–H and O–H groups in total. The van der Waals surface area contributed by atoms with E-state index in [-0.39, 0.29) is 6.10 Å². The van der Waals surface area contributed by atoms with Gasteiger partial charge in [-0.25, -0.2) is 4.98 Å². The summed E-state index contributed by atoms with van der Waals surface area (Å²) < 4.78 is 1.92. The first-order chi connectivity index (χ1) is 11.7. The average Bonchev–Trinajstić information content (AvgIpc) is 2.99. The van der Waals surface area contributed by atoms with E-state index in [1.165, 1.54) is 12.8 Å². The van der Waals surface area contributed by atoms with Gasteiger partial charge in [0.25, 0.3) is 0 Å². The molecule has 1 fully saturated rings. The molecule has 1 unspecified atom stereocenters. The van der Waals surface area contributed by atoms with Gasteiger partial charge in [-0.05, 0) is 44.0 Å². The van der Waals surface area contributed by atoms with E-state index in [9.17, 15) is 5.11 Å². The van der Waals surface area contributed by atoms with Gasteiger partial charge in [-0.1, -0.05) is 6.92 Å². The van der Waals surface area contributed by atoms with Crippen LogP contribution in [-0.4, -0.2) is 51.7 Å². The lowest BCUT2D eigenvalue weighted by Crippen LogP contribution is -2.41. The lowest BCUT2D eigenvalue weighted by molar-refractivity contribution is 0.0906. The van der Waals surface area contributed by atoms with Crippen molar-refractivity contribution in [3.8, 4) is 6.07 Å². The molecule has 2 aromatic rings. The van der Waals surface area contributed by atoms with E-state index in [0.29, 0.717) is 18.7 Å². The predicted molar refractivity (Wildman–Crippen MR) is 92.5 cm³/mol. The molecule has 2 aromatic heterocycles. The van der Waals surface area contributed by atoms with Crippen LogP contribution in [-0.2, 0) is 6.54 Å². The summed E-state index contributed by atoms with van der Waals surface area (Å²) in [6.45, 7) is 6.36. The first kappa shape index (κ1) is 16.9. The Bertz CT molecular complexity index is 712. The monoisotopic (exact) mass is 327 g/mol. The molecule has 6 nitrogen and oxygen atoms in total. The number of nitrogens with zero attached hydrogens (tertiary/aromatic N) is 4. The van der Waals surface area contributed by atoms with Crippen molar-refractivity contribution in [2.75, 3.05) is 26.2 Å². The third-order valence-electron chi connectivity index (χ3n) is 4.74. The minimum Gasteiger partial charge on any atom is -0.390 e. The zero-order valence-corrected chi connectivity index (χ0v) is 14.1. The lowest BCUT2D eigenvalue weighted by atomic mass is 9.99. The van der Waals surface area contributed by atoms with E-state index < -0.39 is 0 Å². The van der Waals surface area contributed by atoms with Crippen molar-refractivity contribution in [2.45, 2.75) is 32.4 Å². The molecule has 3 heterocycles. The summed E-state index contributed by atoms with van der Waals surface area (Å²) in [5.74, 6) is 0.810. The van der Waals surface area contributed by atoms with E-state index in [0.717, 1.165) is 36.9 Å². The number of β-amino-alcohol motifs (C(OH)–C–C–N with tert-alkyl or cyclic N) is 1. The number of rotatable bonds is 6. The number of fused-ring (bicyclic) bond motifs is 1. The van der Waals surface area contributed by atoms with Crippen LogP contribution < -0.4 is 5.32 Å². The van der Waals surface area contributed by atoms with Crippen molar-refractivity contribution in [1.29, 1.82) is 5.26 Å². The Hall–Kier alpha value is -1.94. The zero-order valence-electron chi connectivity index (χ0n) is 14.1. The molecule has 24 heavy (non-hydrogen) atoms. The molecule has 0 amide bonds. The topological polar surface area (TPSA) is 76.6 Å². The van der Waals surface area contributed by atoms with E-state index in [1.54, 1.807) is 12.3 Å². The molecule has 6 heteroatoms. The van der Waals surface area contributed by atoms with Gasteiger partial charge in [0.1, 0.15) is 11.7 Å². The molecule has 3 rings (SSSR count). The number of aliphatic hydroxyl groups excluding tert-OH is 1. The fourth-order valence-corrected chi connectivity index (χ4v) is 3.20. The molecule has 0 bridgehead atoms. The standard InChI is InChI=1S/C18H25N5O/c1-14-4-6-22(7-5-14)13-17(24)11-20-9-16-10-21-18-3-2-15(8-19)12-23(16)18/h2-3,10,12,14,17,20,24H,4-7,9,11,13H2,1H3. The van der Waals surface area contributed by atoms with E-state index in [1.807, 2.05) is 16.7 Å². The van der Waals surface area contributed by atoms with E-state index in [2.05, 4.69) is 28.2 Å². The number of aromatic nitrogens is 2. The maximum absolute atomic E-state index is 10.2. The number of hydrogen-bond donors (Lipinski definition) is 2. The number of hydrogen-bond acceptors (Lipinski definition) is 5. The number of likely N-dealkylation sites (tertiary alicyclic amines) is 1. The Morgan fingerprint density at radius 1 is 1.42 bits per heavy atom. The number of piperidine rings is 1. The molecular weight excluding hydrogens is 302 g/mol. The second kappa shape index (κ2) is 7.75. The first-order valence-electron chi connectivity index (χ1n) is 8.63. The zero-order chi connectivity index (χ0) is 16.9. The van der Waals surface area contributed by atoms with E-state index in [4.69, 9.17) is 5.26 Å². The second-order valence-electron chi connectivity index (χ2n) is 6.78. The van der Waals surface area contributed by atoms with Gasteiger partial charge in [0.2, 0.25) is 0 Å². The summed E-state index contributed by atoms with van der Waals surface area (Å²) >= 11 is 0. The molecule has 128 valence electrons. The molecule has 0 spiro atoms. The van der Waals surface area contributed by atoms with Gasteiger partial charge in [-0.3, -0.25) is 0 Å². The van der Waals surface area contributed by atoms with Crippen molar-refractivity contribution in [1.82, 2.24) is 19.6 Å². The third kappa shape index (κ3) is 4.12. The Balaban J connectivity index is 1.48. The van der Waals surface area contributed by atoms with Crippen LogP contribution in [0.3, 0.4) is 0 Å². The summed E-state index contributed by atoms with van der Waals surface area (Å²) in [4.78, 5) is 6.68. The Kier molecular flexibility index (Phi) is 5.46. The Labute approximate surface area is 142 Å². The molecule has 0 aromatic carbocycles. The van der Waals surface area contributed by atoms with Gasteiger partial charge >= 0.3 is 0 Å². The summed E-state index contributed by atoms with van der Waals surface area (Å²) in [5, 5.41) is 22.5. The second-order valence-corrected chi connectivity index (χ2v) is 6.78. The number of imidazole rings is 1. The normalized spacial score (nSPS) is 17.9. The Morgan fingerprint density at radius 3 is 2.96 bits per heavy atom. The van der Waals surface area contributed by atoms with E-state index >= 15 is 0 Å². The minimum atomic E-state index is -0.368. The summed E-state index contributed by atoms with van der Waals surface area (Å²) in [5.41, 5.74) is 2.43. The number of aliphatic hydroxyl groups is 1. The molecule has 1 aliphatic heterocycles. The van der Waals surface area contributed by atoms with Crippen molar-refractivity contribution in [2.24, 2.45) is 5.92 Å². The van der Waals surface area contributed by atoms with Crippen LogP contribution in [0.2, 0.25) is 0 Å². The van der Waals surface area contributed by atoms with Crippen LogP contribution >= 0.6 is 0 Å². The number of nitrogens with one attached hydrogen (secondary N) is 1. The quantitative estimate of drug-likeness (QED) is 0.838. The van der Waals surface area contributed by atoms with Gasteiger partial charge < -0.3 is 19.7 Å². The average molecular weight is 327 g/mol. The first-order valence-corrected chi connectivity index (χ1v) is 8.63. The molecule has 0 aliphatic carbocycles. The van der Waals surface area contributed by atoms with Gasteiger partial charge in [0.15, 0.2) is 0 Å². The van der Waals surface area contributed by atoms with Gasteiger partial charge in [-0.2, -0.15) is 5.26 Å². The maximum atomic E-state index is 10.2. The van der Waals surface area contributed by atoms with Crippen molar-refractivity contribution in [3.63, 3.8) is 0 Å². The van der Waals surface area contributed by atoms with Crippen LogP contribution in [0.15, 0.2) is 24.5 Å². The predicted octanol–water partition coefficient (Wildman–Crippen LogP) is 1.39. The number of pyridine rings is 1. The van der Waals surface area contributed by atoms with Crippen LogP contribution in [0.4, 0.5) is 0 Å². The number of nitriles is 1. The van der Waals surface area contributed by atoms with Crippen LogP contribution in [0, 0.1) is 17.2 Å². The summed E-state index contributed by atoms with van der Waals surface area (Å²) in [6, 6.07) is 5.75. The highest BCUT2D eigenvalue weighted by Crippen LogP contribution is 2.16. The molecule has 1 atom stereocenters. The fraction of sp³-hybridized carbons (Fsp3) is 0.556.